The Bertz CT molecular complexity index is 593. The maximum atomic E-state index is 12.3. The van der Waals surface area contributed by atoms with Crippen molar-refractivity contribution >= 4 is 22.1 Å². The molecule has 8 nitrogen and oxygen atoms in total. The van der Waals surface area contributed by atoms with Crippen LogP contribution >= 0.6 is 0 Å². The summed E-state index contributed by atoms with van der Waals surface area (Å²) in [5.41, 5.74) is -2.40. The number of rotatable bonds is 5. The maximum absolute atomic E-state index is 12.3. The molecule has 1 aliphatic heterocycles. The third-order valence-corrected chi connectivity index (χ3v) is 5.91. The molecule has 1 heterocycles. The summed E-state index contributed by atoms with van der Waals surface area (Å²) in [6, 6.07) is 0. The highest BCUT2D eigenvalue weighted by atomic mass is 32.2. The number of hydrogen-bond acceptors (Lipinski definition) is 5. The lowest BCUT2D eigenvalue weighted by Gasteiger charge is -2.28. The van der Waals surface area contributed by atoms with Crippen LogP contribution in [0.2, 0.25) is 0 Å². The largest absolute Gasteiger partial charge is 0.479 e. The molecule has 0 aromatic heterocycles. The molecule has 9 heteroatoms. The second kappa shape index (κ2) is 5.94. The highest BCUT2D eigenvalue weighted by Crippen LogP contribution is 2.33. The van der Waals surface area contributed by atoms with Gasteiger partial charge in [-0.25, -0.2) is 18.0 Å². The number of ether oxygens (including phenoxy) is 1. The monoisotopic (exact) mass is 348 g/mol. The standard InChI is InChI=1S/C14H24N2O6S/c1-13(2,3)22-12(19)15-14(11(17)18)6-7-16(9-14)23(20,21)8-10-4-5-10/h10H,4-9H2,1-3H3,(H,15,19)(H,17,18). The summed E-state index contributed by atoms with van der Waals surface area (Å²) in [4.78, 5) is 23.5. The second-order valence-corrected chi connectivity index (χ2v) is 9.33. The average molecular weight is 348 g/mol. The number of nitrogens with one attached hydrogen (secondary N) is 1. The van der Waals surface area contributed by atoms with Crippen molar-refractivity contribution in [1.82, 2.24) is 9.62 Å². The molecule has 1 amide bonds. The van der Waals surface area contributed by atoms with Gasteiger partial charge in [-0.1, -0.05) is 0 Å². The van der Waals surface area contributed by atoms with Crippen LogP contribution in [0.1, 0.15) is 40.0 Å². The first-order chi connectivity index (χ1) is 10.4. The topological polar surface area (TPSA) is 113 Å². The normalized spacial score (nSPS) is 26.0. The van der Waals surface area contributed by atoms with Crippen LogP contribution in [0.5, 0.6) is 0 Å². The van der Waals surface area contributed by atoms with E-state index in [1.807, 2.05) is 0 Å². The Morgan fingerprint density at radius 3 is 2.43 bits per heavy atom. The van der Waals surface area contributed by atoms with Gasteiger partial charge in [-0.05, 0) is 46.0 Å². The van der Waals surface area contributed by atoms with Crippen molar-refractivity contribution < 1.29 is 27.9 Å². The molecule has 0 aromatic carbocycles. The van der Waals surface area contributed by atoms with Gasteiger partial charge in [0, 0.05) is 13.1 Å². The molecule has 0 bridgehead atoms. The number of carbonyl (C=O) groups is 2. The smallest absolute Gasteiger partial charge is 0.408 e. The average Bonchev–Trinajstić information content (AvgIpc) is 3.02. The van der Waals surface area contributed by atoms with Crippen molar-refractivity contribution in [2.45, 2.75) is 51.2 Å². The summed E-state index contributed by atoms with van der Waals surface area (Å²) in [5, 5.41) is 11.8. The fraction of sp³-hybridized carbons (Fsp3) is 0.857. The van der Waals surface area contributed by atoms with Gasteiger partial charge in [0.2, 0.25) is 10.0 Å². The van der Waals surface area contributed by atoms with Crippen LogP contribution in [0.3, 0.4) is 0 Å². The van der Waals surface area contributed by atoms with E-state index in [1.54, 1.807) is 20.8 Å². The van der Waals surface area contributed by atoms with Gasteiger partial charge in [0.15, 0.2) is 5.54 Å². The van der Waals surface area contributed by atoms with Gasteiger partial charge in [0.25, 0.3) is 0 Å². The molecule has 2 fully saturated rings. The van der Waals surface area contributed by atoms with Gasteiger partial charge in [-0.15, -0.1) is 0 Å². The molecule has 132 valence electrons. The van der Waals surface area contributed by atoms with Gasteiger partial charge in [0.1, 0.15) is 5.60 Å². The summed E-state index contributed by atoms with van der Waals surface area (Å²) in [5.74, 6) is -1.03. The zero-order valence-corrected chi connectivity index (χ0v) is 14.5. The van der Waals surface area contributed by atoms with Crippen LogP contribution in [0.25, 0.3) is 0 Å². The molecule has 2 aliphatic rings. The van der Waals surface area contributed by atoms with Gasteiger partial charge < -0.3 is 15.2 Å². The van der Waals surface area contributed by atoms with E-state index in [2.05, 4.69) is 5.32 Å². The number of alkyl carbamates (subject to hydrolysis) is 1. The third kappa shape index (κ3) is 4.57. The van der Waals surface area contributed by atoms with Crippen LogP contribution in [0.4, 0.5) is 4.79 Å². The lowest BCUT2D eigenvalue weighted by atomic mass is 9.99. The Balaban J connectivity index is 2.07. The van der Waals surface area contributed by atoms with Crippen LogP contribution in [-0.2, 0) is 19.6 Å². The molecular weight excluding hydrogens is 324 g/mol. The summed E-state index contributed by atoms with van der Waals surface area (Å²) in [6.07, 6.45) is 0.952. The van der Waals surface area contributed by atoms with E-state index in [1.165, 1.54) is 0 Å². The molecule has 1 unspecified atom stereocenters. The van der Waals surface area contributed by atoms with Crippen molar-refractivity contribution in [3.63, 3.8) is 0 Å². The molecule has 0 aromatic rings. The lowest BCUT2D eigenvalue weighted by Crippen LogP contribution is -2.57. The highest BCUT2D eigenvalue weighted by molar-refractivity contribution is 7.89. The van der Waals surface area contributed by atoms with E-state index in [9.17, 15) is 23.1 Å². The van der Waals surface area contributed by atoms with Gasteiger partial charge in [-0.2, -0.15) is 4.31 Å². The van der Waals surface area contributed by atoms with E-state index in [-0.39, 0.29) is 31.2 Å². The number of hydrogen-bond donors (Lipinski definition) is 2. The van der Waals surface area contributed by atoms with Crippen molar-refractivity contribution in [2.75, 3.05) is 18.8 Å². The Morgan fingerprint density at radius 1 is 1.35 bits per heavy atom. The van der Waals surface area contributed by atoms with Crippen molar-refractivity contribution in [2.24, 2.45) is 5.92 Å². The molecule has 2 N–H and O–H groups in total. The zero-order chi connectivity index (χ0) is 17.5. The van der Waals surface area contributed by atoms with Crippen molar-refractivity contribution in [1.29, 1.82) is 0 Å². The number of carboxylic acids is 1. The molecule has 1 saturated carbocycles. The molecule has 1 atom stereocenters. The van der Waals surface area contributed by atoms with E-state index in [0.29, 0.717) is 0 Å². The second-order valence-electron chi connectivity index (χ2n) is 7.32. The van der Waals surface area contributed by atoms with E-state index >= 15 is 0 Å². The summed E-state index contributed by atoms with van der Waals surface area (Å²) >= 11 is 0. The van der Waals surface area contributed by atoms with Crippen LogP contribution in [0.15, 0.2) is 0 Å². The Morgan fingerprint density at radius 2 is 1.96 bits per heavy atom. The number of nitrogens with zero attached hydrogens (tertiary/aromatic N) is 1. The predicted molar refractivity (Wildman–Crippen MR) is 82.4 cm³/mol. The molecule has 0 spiro atoms. The fourth-order valence-electron chi connectivity index (χ4n) is 2.53. The van der Waals surface area contributed by atoms with E-state index in [4.69, 9.17) is 4.74 Å². The molecular formula is C14H24N2O6S. The quantitative estimate of drug-likeness (QED) is 0.759. The first-order valence-electron chi connectivity index (χ1n) is 7.66. The number of aliphatic carboxylic acids is 1. The van der Waals surface area contributed by atoms with E-state index in [0.717, 1.165) is 17.1 Å². The fourth-order valence-corrected chi connectivity index (χ4v) is 4.46. The Hall–Kier alpha value is -1.35. The first kappa shape index (κ1) is 18.0. The molecule has 1 saturated heterocycles. The Labute approximate surface area is 136 Å². The highest BCUT2D eigenvalue weighted by Gasteiger charge is 2.50. The SMILES string of the molecule is CC(C)(C)OC(=O)NC1(C(=O)O)CCN(S(=O)(=O)CC2CC2)C1. The van der Waals surface area contributed by atoms with Crippen molar-refractivity contribution in [3.8, 4) is 0 Å². The lowest BCUT2D eigenvalue weighted by molar-refractivity contribution is -0.144. The number of carboxylic acid groups (broad SMARTS) is 1. The maximum Gasteiger partial charge on any atom is 0.408 e. The molecule has 0 radical (unpaired) electrons. The van der Waals surface area contributed by atoms with Gasteiger partial charge in [-0.3, -0.25) is 0 Å². The summed E-state index contributed by atoms with van der Waals surface area (Å²) in [7, 11) is -3.49. The molecule has 23 heavy (non-hydrogen) atoms. The van der Waals surface area contributed by atoms with Gasteiger partial charge >= 0.3 is 12.1 Å². The van der Waals surface area contributed by atoms with Gasteiger partial charge in [0.05, 0.1) is 5.75 Å². The summed E-state index contributed by atoms with van der Waals surface area (Å²) in [6.45, 7) is 4.82. The number of sulfonamides is 1. The molecule has 1 aliphatic carbocycles. The Kier molecular flexibility index (Phi) is 4.64. The van der Waals surface area contributed by atoms with E-state index < -0.39 is 33.2 Å². The minimum atomic E-state index is -3.49. The number of amides is 1. The van der Waals surface area contributed by atoms with Crippen LogP contribution in [-0.4, -0.2) is 59.9 Å². The zero-order valence-electron chi connectivity index (χ0n) is 13.7. The van der Waals surface area contributed by atoms with Crippen LogP contribution < -0.4 is 5.32 Å². The van der Waals surface area contributed by atoms with Crippen molar-refractivity contribution in [3.05, 3.63) is 0 Å². The van der Waals surface area contributed by atoms with Crippen LogP contribution in [0, 0.1) is 5.92 Å². The minimum absolute atomic E-state index is 0.0193. The minimum Gasteiger partial charge on any atom is -0.479 e. The first-order valence-corrected chi connectivity index (χ1v) is 9.27. The summed E-state index contributed by atoms with van der Waals surface area (Å²) < 4.78 is 30.8. The third-order valence-electron chi connectivity index (χ3n) is 3.92. The molecule has 2 rings (SSSR count). The number of carbonyl (C=O) groups excluding carboxylic acids is 1. The predicted octanol–water partition coefficient (Wildman–Crippen LogP) is 0.780.